The molecule has 1 aromatic carbocycles. The molecule has 25 heavy (non-hydrogen) atoms. The lowest BCUT2D eigenvalue weighted by molar-refractivity contribution is 0.102. The highest BCUT2D eigenvalue weighted by molar-refractivity contribution is 7.99. The lowest BCUT2D eigenvalue weighted by atomic mass is 10.2. The Hall–Kier alpha value is -1.76. The van der Waals surface area contributed by atoms with E-state index in [1.165, 1.54) is 0 Å². The van der Waals surface area contributed by atoms with Gasteiger partial charge in [-0.2, -0.15) is 0 Å². The Morgan fingerprint density at radius 2 is 2.12 bits per heavy atom. The van der Waals surface area contributed by atoms with E-state index < -0.39 is 0 Å². The van der Waals surface area contributed by atoms with Crippen LogP contribution in [-0.2, 0) is 0 Å². The van der Waals surface area contributed by atoms with E-state index >= 15 is 0 Å². The molecule has 1 N–H and O–H groups in total. The van der Waals surface area contributed by atoms with Crippen molar-refractivity contribution in [3.63, 3.8) is 0 Å². The number of halogens is 1. The fraction of sp³-hybridized carbons (Fsp3) is 0.333. The maximum Gasteiger partial charge on any atom is 0.257 e. The van der Waals surface area contributed by atoms with Crippen LogP contribution in [0.25, 0.3) is 0 Å². The number of nitrogens with one attached hydrogen (secondary N) is 1. The van der Waals surface area contributed by atoms with Gasteiger partial charge < -0.3 is 15.0 Å². The first-order chi connectivity index (χ1) is 12.0. The fourth-order valence-corrected chi connectivity index (χ4v) is 2.81. The molecule has 7 heteroatoms. The molecule has 2 aromatic rings. The van der Waals surface area contributed by atoms with Gasteiger partial charge in [-0.1, -0.05) is 18.5 Å². The largest absolute Gasteiger partial charge is 0.491 e. The molecule has 1 amide bonds. The van der Waals surface area contributed by atoms with Crippen molar-refractivity contribution in [2.24, 2.45) is 0 Å². The third-order valence-electron chi connectivity index (χ3n) is 3.28. The highest BCUT2D eigenvalue weighted by Crippen LogP contribution is 2.28. The second-order valence-corrected chi connectivity index (χ2v) is 7.26. The van der Waals surface area contributed by atoms with Gasteiger partial charge in [0, 0.05) is 18.4 Å². The normalized spacial score (nSPS) is 10.8. The molecule has 0 spiro atoms. The molecular weight excluding hydrogens is 358 g/mol. The van der Waals surface area contributed by atoms with Gasteiger partial charge in [0.1, 0.15) is 12.4 Å². The summed E-state index contributed by atoms with van der Waals surface area (Å²) in [5, 5.41) is 4.18. The first-order valence-electron chi connectivity index (χ1n) is 7.97. The predicted molar refractivity (Wildman–Crippen MR) is 104 cm³/mol. The average molecular weight is 380 g/mol. The molecule has 0 bridgehead atoms. The van der Waals surface area contributed by atoms with Crippen LogP contribution in [0.15, 0.2) is 41.6 Å². The standard InChI is InChI=1S/C18H22ClN3O2S/c1-4-25-17-8-5-13(12-20-17)18(23)21-14-6-7-16(15(19)11-14)24-10-9-22(2)3/h5-8,11-12H,4,9-10H2,1-3H3,(H,21,23). The first kappa shape index (κ1) is 19.6. The molecule has 0 aliphatic rings. The van der Waals surface area contributed by atoms with E-state index in [4.69, 9.17) is 16.3 Å². The molecule has 0 radical (unpaired) electrons. The zero-order valence-electron chi connectivity index (χ0n) is 14.6. The molecule has 1 aromatic heterocycles. The Morgan fingerprint density at radius 3 is 2.72 bits per heavy atom. The van der Waals surface area contributed by atoms with Crippen molar-refractivity contribution in [1.29, 1.82) is 0 Å². The van der Waals surface area contributed by atoms with Gasteiger partial charge in [0.25, 0.3) is 5.91 Å². The number of hydrogen-bond acceptors (Lipinski definition) is 5. The lowest BCUT2D eigenvalue weighted by Crippen LogP contribution is -2.19. The molecule has 0 aliphatic carbocycles. The molecule has 5 nitrogen and oxygen atoms in total. The quantitative estimate of drug-likeness (QED) is 0.701. The Bertz CT molecular complexity index is 708. The van der Waals surface area contributed by atoms with Crippen LogP contribution < -0.4 is 10.1 Å². The number of hydrogen-bond donors (Lipinski definition) is 1. The van der Waals surface area contributed by atoms with Crippen LogP contribution in [0.3, 0.4) is 0 Å². The number of aromatic nitrogens is 1. The number of rotatable bonds is 8. The Balaban J connectivity index is 1.97. The van der Waals surface area contributed by atoms with E-state index in [9.17, 15) is 4.79 Å². The van der Waals surface area contributed by atoms with E-state index in [0.717, 1.165) is 17.3 Å². The summed E-state index contributed by atoms with van der Waals surface area (Å²) in [5.41, 5.74) is 1.12. The molecule has 0 aliphatic heterocycles. The van der Waals surface area contributed by atoms with Crippen LogP contribution in [0.2, 0.25) is 5.02 Å². The van der Waals surface area contributed by atoms with Crippen LogP contribution in [0.4, 0.5) is 5.69 Å². The molecule has 0 saturated heterocycles. The Morgan fingerprint density at radius 1 is 1.32 bits per heavy atom. The number of anilines is 1. The van der Waals surface area contributed by atoms with Gasteiger partial charge in [0.15, 0.2) is 0 Å². The zero-order chi connectivity index (χ0) is 18.2. The van der Waals surface area contributed by atoms with Crippen LogP contribution in [0, 0.1) is 0 Å². The molecule has 2 rings (SSSR count). The molecule has 0 atom stereocenters. The SMILES string of the molecule is CCSc1ccc(C(=O)Nc2ccc(OCCN(C)C)c(Cl)c2)cn1. The number of carbonyl (C=O) groups excluding carboxylic acids is 1. The second-order valence-electron chi connectivity index (χ2n) is 5.57. The summed E-state index contributed by atoms with van der Waals surface area (Å²) in [6.45, 7) is 3.41. The number of pyridine rings is 1. The first-order valence-corrected chi connectivity index (χ1v) is 9.33. The van der Waals surface area contributed by atoms with E-state index in [2.05, 4.69) is 17.2 Å². The Labute approximate surface area is 157 Å². The number of likely N-dealkylation sites (N-methyl/N-ethyl adjacent to an activating group) is 1. The van der Waals surface area contributed by atoms with Crippen LogP contribution in [0.1, 0.15) is 17.3 Å². The third-order valence-corrected chi connectivity index (χ3v) is 4.40. The van der Waals surface area contributed by atoms with Crippen LogP contribution in [-0.4, -0.2) is 48.8 Å². The minimum absolute atomic E-state index is 0.224. The number of ether oxygens (including phenoxy) is 1. The summed E-state index contributed by atoms with van der Waals surface area (Å²) in [6.07, 6.45) is 1.58. The zero-order valence-corrected chi connectivity index (χ0v) is 16.2. The molecule has 0 fully saturated rings. The number of benzene rings is 1. The summed E-state index contributed by atoms with van der Waals surface area (Å²) >= 11 is 7.86. The van der Waals surface area contributed by atoms with Gasteiger partial charge in [-0.3, -0.25) is 4.79 Å². The van der Waals surface area contributed by atoms with Crippen molar-refractivity contribution in [2.45, 2.75) is 11.9 Å². The summed E-state index contributed by atoms with van der Waals surface area (Å²) in [6, 6.07) is 8.81. The van der Waals surface area contributed by atoms with E-state index in [0.29, 0.717) is 28.6 Å². The Kier molecular flexibility index (Phi) is 7.55. The van der Waals surface area contributed by atoms with E-state index in [1.54, 1.807) is 42.2 Å². The monoisotopic (exact) mass is 379 g/mol. The minimum Gasteiger partial charge on any atom is -0.491 e. The number of nitrogens with zero attached hydrogens (tertiary/aromatic N) is 2. The molecule has 1 heterocycles. The van der Waals surface area contributed by atoms with Crippen LogP contribution >= 0.6 is 23.4 Å². The number of thioether (sulfide) groups is 1. The van der Waals surface area contributed by atoms with Crippen molar-refractivity contribution in [3.8, 4) is 5.75 Å². The highest BCUT2D eigenvalue weighted by Gasteiger charge is 2.09. The van der Waals surface area contributed by atoms with Crippen molar-refractivity contribution in [3.05, 3.63) is 47.1 Å². The molecule has 0 saturated carbocycles. The summed E-state index contributed by atoms with van der Waals surface area (Å²) in [5.74, 6) is 1.32. The van der Waals surface area contributed by atoms with E-state index in [-0.39, 0.29) is 5.91 Å². The van der Waals surface area contributed by atoms with Gasteiger partial charge in [0.05, 0.1) is 15.6 Å². The predicted octanol–water partition coefficient (Wildman–Crippen LogP) is 4.04. The van der Waals surface area contributed by atoms with Crippen LogP contribution in [0.5, 0.6) is 5.75 Å². The summed E-state index contributed by atoms with van der Waals surface area (Å²) in [7, 11) is 3.96. The van der Waals surface area contributed by atoms with Gasteiger partial charge in [-0.05, 0) is 50.2 Å². The number of amides is 1. The maximum atomic E-state index is 12.3. The van der Waals surface area contributed by atoms with Gasteiger partial charge in [-0.15, -0.1) is 11.8 Å². The van der Waals surface area contributed by atoms with Crippen molar-refractivity contribution in [1.82, 2.24) is 9.88 Å². The summed E-state index contributed by atoms with van der Waals surface area (Å²) < 4.78 is 5.63. The fourth-order valence-electron chi connectivity index (χ4n) is 1.98. The highest BCUT2D eigenvalue weighted by atomic mass is 35.5. The van der Waals surface area contributed by atoms with Gasteiger partial charge in [0.2, 0.25) is 0 Å². The van der Waals surface area contributed by atoms with Gasteiger partial charge in [-0.25, -0.2) is 4.98 Å². The lowest BCUT2D eigenvalue weighted by Gasteiger charge is -2.13. The molecule has 134 valence electrons. The minimum atomic E-state index is -0.224. The van der Waals surface area contributed by atoms with Crippen molar-refractivity contribution >= 4 is 35.0 Å². The molecule has 0 unspecified atom stereocenters. The van der Waals surface area contributed by atoms with Crippen molar-refractivity contribution in [2.75, 3.05) is 38.3 Å². The average Bonchev–Trinajstić information content (AvgIpc) is 2.57. The topological polar surface area (TPSA) is 54.5 Å². The molecular formula is C18H22ClN3O2S. The second kappa shape index (κ2) is 9.65. The van der Waals surface area contributed by atoms with Gasteiger partial charge >= 0.3 is 0 Å². The maximum absolute atomic E-state index is 12.3. The summed E-state index contributed by atoms with van der Waals surface area (Å²) in [4.78, 5) is 18.6. The van der Waals surface area contributed by atoms with E-state index in [1.807, 2.05) is 25.1 Å². The number of carbonyl (C=O) groups is 1. The third kappa shape index (κ3) is 6.23. The smallest absolute Gasteiger partial charge is 0.257 e. The van der Waals surface area contributed by atoms with Crippen molar-refractivity contribution < 1.29 is 9.53 Å².